The summed E-state index contributed by atoms with van der Waals surface area (Å²) in [6.07, 6.45) is 1.47. The van der Waals surface area contributed by atoms with Crippen molar-refractivity contribution in [1.82, 2.24) is 9.78 Å². The van der Waals surface area contributed by atoms with Crippen molar-refractivity contribution in [3.05, 3.63) is 71.5 Å². The van der Waals surface area contributed by atoms with Crippen LogP contribution in [0.2, 0.25) is 0 Å². The second-order valence-electron chi connectivity index (χ2n) is 7.01. The van der Waals surface area contributed by atoms with Gasteiger partial charge in [-0.25, -0.2) is 4.68 Å². The van der Waals surface area contributed by atoms with Gasteiger partial charge in [0.25, 0.3) is 5.91 Å². The van der Waals surface area contributed by atoms with Crippen LogP contribution in [-0.2, 0) is 4.79 Å². The van der Waals surface area contributed by atoms with Crippen LogP contribution in [0.4, 0.5) is 11.4 Å². The van der Waals surface area contributed by atoms with Gasteiger partial charge in [-0.15, -0.1) is 0 Å². The predicted octanol–water partition coefficient (Wildman–Crippen LogP) is 3.87. The third-order valence-electron chi connectivity index (χ3n) is 4.90. The van der Waals surface area contributed by atoms with E-state index >= 15 is 0 Å². The first-order chi connectivity index (χ1) is 13.5. The number of hydrogen-bond donors (Lipinski definition) is 1. The number of aromatic nitrogens is 2. The largest absolute Gasteiger partial charge is 0.320 e. The van der Waals surface area contributed by atoms with Gasteiger partial charge in [0.15, 0.2) is 0 Å². The Hall–Kier alpha value is -3.41. The number of nitrogens with zero attached hydrogens (tertiary/aromatic N) is 3. The molecule has 0 saturated carbocycles. The lowest BCUT2D eigenvalue weighted by Gasteiger charge is -2.16. The molecule has 1 aromatic heterocycles. The number of aryl methyl sites for hydroxylation is 2. The van der Waals surface area contributed by atoms with Crippen LogP contribution in [0.3, 0.4) is 0 Å². The van der Waals surface area contributed by atoms with Gasteiger partial charge in [-0.1, -0.05) is 12.1 Å². The maximum absolute atomic E-state index is 12.8. The fourth-order valence-electron chi connectivity index (χ4n) is 3.55. The summed E-state index contributed by atoms with van der Waals surface area (Å²) in [4.78, 5) is 26.4. The van der Waals surface area contributed by atoms with Crippen molar-refractivity contribution in [2.24, 2.45) is 0 Å². The van der Waals surface area contributed by atoms with E-state index in [0.717, 1.165) is 35.7 Å². The highest BCUT2D eigenvalue weighted by Gasteiger charge is 2.21. The van der Waals surface area contributed by atoms with Crippen LogP contribution in [0.1, 0.15) is 34.6 Å². The van der Waals surface area contributed by atoms with Crippen molar-refractivity contribution in [3.8, 4) is 5.69 Å². The average Bonchev–Trinajstić information content (AvgIpc) is 3.27. The molecule has 2 amide bonds. The maximum Gasteiger partial charge on any atom is 0.255 e. The number of amides is 2. The standard InChI is InChI=1S/C22H22N4O2/c1-15-14-16(2)26(24-15)20-7-4-3-6-19(20)23-22(28)17-9-11-18(12-10-17)25-13-5-8-21(25)27/h3-4,6-7,9-12,14H,5,8,13H2,1-2H3,(H,23,28). The molecule has 0 bridgehead atoms. The van der Waals surface area contributed by atoms with Crippen molar-refractivity contribution in [2.75, 3.05) is 16.8 Å². The van der Waals surface area contributed by atoms with Gasteiger partial charge in [0.05, 0.1) is 17.1 Å². The van der Waals surface area contributed by atoms with Gasteiger partial charge < -0.3 is 10.2 Å². The number of nitrogens with one attached hydrogen (secondary N) is 1. The van der Waals surface area contributed by atoms with E-state index in [2.05, 4.69) is 10.4 Å². The summed E-state index contributed by atoms with van der Waals surface area (Å²) in [5, 5.41) is 7.49. The molecule has 0 aliphatic carbocycles. The van der Waals surface area contributed by atoms with Crippen molar-refractivity contribution >= 4 is 23.2 Å². The number of carbonyl (C=O) groups excluding carboxylic acids is 2. The van der Waals surface area contributed by atoms with Gasteiger partial charge in [-0.2, -0.15) is 5.10 Å². The maximum atomic E-state index is 12.8. The van der Waals surface area contributed by atoms with Crippen LogP contribution >= 0.6 is 0 Å². The monoisotopic (exact) mass is 374 g/mol. The number of para-hydroxylation sites is 2. The molecular formula is C22H22N4O2. The summed E-state index contributed by atoms with van der Waals surface area (Å²) in [5.74, 6) is -0.0655. The number of benzene rings is 2. The Kier molecular flexibility index (Phi) is 4.69. The fraction of sp³-hybridized carbons (Fsp3) is 0.227. The van der Waals surface area contributed by atoms with Gasteiger partial charge in [-0.3, -0.25) is 9.59 Å². The Labute approximate surface area is 163 Å². The summed E-state index contributed by atoms with van der Waals surface area (Å²) < 4.78 is 1.83. The lowest BCUT2D eigenvalue weighted by molar-refractivity contribution is -0.117. The van der Waals surface area contributed by atoms with Gasteiger partial charge in [0.2, 0.25) is 5.91 Å². The smallest absolute Gasteiger partial charge is 0.255 e. The van der Waals surface area contributed by atoms with E-state index in [4.69, 9.17) is 0 Å². The molecule has 0 atom stereocenters. The first kappa shape index (κ1) is 18.0. The molecule has 6 nitrogen and oxygen atoms in total. The Balaban J connectivity index is 1.56. The van der Waals surface area contributed by atoms with E-state index in [1.165, 1.54) is 0 Å². The van der Waals surface area contributed by atoms with Crippen LogP contribution in [-0.4, -0.2) is 28.1 Å². The molecule has 0 radical (unpaired) electrons. The van der Waals surface area contributed by atoms with Crippen molar-refractivity contribution in [3.63, 3.8) is 0 Å². The minimum atomic E-state index is -0.201. The molecule has 1 N–H and O–H groups in total. The first-order valence-corrected chi connectivity index (χ1v) is 9.37. The Morgan fingerprint density at radius 3 is 2.46 bits per heavy atom. The molecule has 3 aromatic rings. The molecule has 2 aromatic carbocycles. The summed E-state index contributed by atoms with van der Waals surface area (Å²) >= 11 is 0. The minimum absolute atomic E-state index is 0.135. The van der Waals surface area contributed by atoms with Crippen LogP contribution in [0.25, 0.3) is 5.69 Å². The Morgan fingerprint density at radius 1 is 1.07 bits per heavy atom. The van der Waals surface area contributed by atoms with Crippen molar-refractivity contribution in [1.29, 1.82) is 0 Å². The molecule has 1 fully saturated rings. The lowest BCUT2D eigenvalue weighted by Crippen LogP contribution is -2.23. The zero-order valence-electron chi connectivity index (χ0n) is 16.0. The van der Waals surface area contributed by atoms with E-state index in [0.29, 0.717) is 17.7 Å². The summed E-state index contributed by atoms with van der Waals surface area (Å²) in [5.41, 5.74) is 4.81. The molecule has 2 heterocycles. The molecule has 4 rings (SSSR count). The number of rotatable bonds is 4. The van der Waals surface area contributed by atoms with E-state index < -0.39 is 0 Å². The van der Waals surface area contributed by atoms with Crippen LogP contribution < -0.4 is 10.2 Å². The summed E-state index contributed by atoms with van der Waals surface area (Å²) in [7, 11) is 0. The molecule has 1 saturated heterocycles. The van der Waals surface area contributed by atoms with E-state index in [1.807, 2.05) is 61.0 Å². The molecule has 142 valence electrons. The molecule has 28 heavy (non-hydrogen) atoms. The Bertz CT molecular complexity index is 1040. The van der Waals surface area contributed by atoms with Crippen LogP contribution in [0.15, 0.2) is 54.6 Å². The second-order valence-corrected chi connectivity index (χ2v) is 7.01. The number of anilines is 2. The van der Waals surface area contributed by atoms with Gasteiger partial charge in [0, 0.05) is 29.9 Å². The topological polar surface area (TPSA) is 67.2 Å². The first-order valence-electron chi connectivity index (χ1n) is 9.37. The zero-order chi connectivity index (χ0) is 19.7. The number of hydrogen-bond acceptors (Lipinski definition) is 3. The quantitative estimate of drug-likeness (QED) is 0.754. The normalized spacial score (nSPS) is 13.8. The van der Waals surface area contributed by atoms with E-state index in [-0.39, 0.29) is 11.8 Å². The molecule has 1 aliphatic heterocycles. The minimum Gasteiger partial charge on any atom is -0.320 e. The second kappa shape index (κ2) is 7.31. The highest BCUT2D eigenvalue weighted by molar-refractivity contribution is 6.05. The van der Waals surface area contributed by atoms with Gasteiger partial charge in [0.1, 0.15) is 0 Å². The van der Waals surface area contributed by atoms with Crippen molar-refractivity contribution in [2.45, 2.75) is 26.7 Å². The molecule has 0 unspecified atom stereocenters. The highest BCUT2D eigenvalue weighted by Crippen LogP contribution is 2.24. The third-order valence-corrected chi connectivity index (χ3v) is 4.90. The summed E-state index contributed by atoms with van der Waals surface area (Å²) in [6, 6.07) is 16.7. The highest BCUT2D eigenvalue weighted by atomic mass is 16.2. The molecule has 1 aliphatic rings. The third kappa shape index (κ3) is 3.41. The number of carbonyl (C=O) groups is 2. The SMILES string of the molecule is Cc1cc(C)n(-c2ccccc2NC(=O)c2ccc(N3CCCC3=O)cc2)n1. The summed E-state index contributed by atoms with van der Waals surface area (Å²) in [6.45, 7) is 4.66. The van der Waals surface area contributed by atoms with Crippen molar-refractivity contribution < 1.29 is 9.59 Å². The van der Waals surface area contributed by atoms with E-state index in [9.17, 15) is 9.59 Å². The molecule has 6 heteroatoms. The predicted molar refractivity (Wildman–Crippen MR) is 109 cm³/mol. The van der Waals surface area contributed by atoms with Crippen LogP contribution in [0, 0.1) is 13.8 Å². The fourth-order valence-corrected chi connectivity index (χ4v) is 3.55. The van der Waals surface area contributed by atoms with Crippen LogP contribution in [0.5, 0.6) is 0 Å². The Morgan fingerprint density at radius 2 is 1.82 bits per heavy atom. The van der Waals surface area contributed by atoms with E-state index in [1.54, 1.807) is 17.0 Å². The molecular weight excluding hydrogens is 352 g/mol. The lowest BCUT2D eigenvalue weighted by atomic mass is 10.1. The molecule has 0 spiro atoms. The zero-order valence-corrected chi connectivity index (χ0v) is 16.0. The average molecular weight is 374 g/mol. The van der Waals surface area contributed by atoms with Gasteiger partial charge in [-0.05, 0) is 62.7 Å². The van der Waals surface area contributed by atoms with Gasteiger partial charge >= 0.3 is 0 Å².